The normalized spacial score (nSPS) is 16.2. The van der Waals surface area contributed by atoms with Gasteiger partial charge in [-0.25, -0.2) is 4.79 Å². The highest BCUT2D eigenvalue weighted by Gasteiger charge is 2.36. The van der Waals surface area contributed by atoms with Crippen molar-refractivity contribution < 1.29 is 9.59 Å². The first-order valence-electron chi connectivity index (χ1n) is 9.27. The van der Waals surface area contributed by atoms with Crippen molar-refractivity contribution in [3.05, 3.63) is 35.2 Å². The quantitative estimate of drug-likeness (QED) is 0.743. The van der Waals surface area contributed by atoms with Gasteiger partial charge in [0, 0.05) is 17.6 Å². The van der Waals surface area contributed by atoms with E-state index < -0.39 is 6.03 Å². The minimum absolute atomic E-state index is 0.135. The molecule has 2 aliphatic carbocycles. The molecule has 0 saturated heterocycles. The molecule has 3 amide bonds. The summed E-state index contributed by atoms with van der Waals surface area (Å²) in [4.78, 5) is 24.2. The molecule has 2 aliphatic rings. The van der Waals surface area contributed by atoms with E-state index in [4.69, 9.17) is 0 Å². The van der Waals surface area contributed by atoms with Gasteiger partial charge < -0.3 is 9.88 Å². The van der Waals surface area contributed by atoms with Crippen LogP contribution in [0, 0.1) is 13.8 Å². The van der Waals surface area contributed by atoms with Gasteiger partial charge in [0.2, 0.25) is 5.91 Å². The number of anilines is 1. The zero-order chi connectivity index (χ0) is 19.0. The van der Waals surface area contributed by atoms with E-state index >= 15 is 0 Å². The average Bonchev–Trinajstić information content (AvgIpc) is 3.55. The number of imide groups is 1. The number of rotatable bonds is 6. The zero-order valence-corrected chi connectivity index (χ0v) is 16.3. The fourth-order valence-electron chi connectivity index (χ4n) is 2.96. The van der Waals surface area contributed by atoms with Crippen molar-refractivity contribution in [3.63, 3.8) is 0 Å². The summed E-state index contributed by atoms with van der Waals surface area (Å²) in [5, 5.41) is 14.4. The Morgan fingerprint density at radius 2 is 1.93 bits per heavy atom. The maximum Gasteiger partial charge on any atom is 0.325 e. The minimum Gasteiger partial charge on any atom is -0.308 e. The van der Waals surface area contributed by atoms with Crippen LogP contribution in [0.3, 0.4) is 0 Å². The van der Waals surface area contributed by atoms with E-state index in [1.807, 2.05) is 32.0 Å². The Morgan fingerprint density at radius 3 is 2.59 bits per heavy atom. The number of nitrogens with one attached hydrogen (secondary N) is 2. The molecule has 0 unspecified atom stereocenters. The Morgan fingerprint density at radius 1 is 1.15 bits per heavy atom. The third-order valence-electron chi connectivity index (χ3n) is 4.90. The molecule has 7 nitrogen and oxygen atoms in total. The van der Waals surface area contributed by atoms with Gasteiger partial charge in [-0.3, -0.25) is 10.1 Å². The molecule has 0 bridgehead atoms. The van der Waals surface area contributed by atoms with E-state index in [1.165, 1.54) is 24.6 Å². The molecule has 142 valence electrons. The second-order valence-electron chi connectivity index (χ2n) is 7.31. The number of urea groups is 1. The first-order chi connectivity index (χ1) is 13.0. The molecule has 2 fully saturated rings. The number of aromatic nitrogens is 3. The molecule has 27 heavy (non-hydrogen) atoms. The molecule has 1 heterocycles. The SMILES string of the molecule is Cc1ccc(NC(=O)NC(=O)CSc2nnc(C3CC3)n2C2CC2)cc1C. The monoisotopic (exact) mass is 385 g/mol. The van der Waals surface area contributed by atoms with Crippen LogP contribution in [0.1, 0.15) is 54.6 Å². The maximum atomic E-state index is 12.1. The molecular formula is C19H23N5O2S. The fraction of sp³-hybridized carbons (Fsp3) is 0.474. The van der Waals surface area contributed by atoms with E-state index in [0.29, 0.717) is 17.6 Å². The Labute approximate surface area is 162 Å². The van der Waals surface area contributed by atoms with Crippen LogP contribution in [-0.2, 0) is 4.79 Å². The van der Waals surface area contributed by atoms with Crippen molar-refractivity contribution in [1.29, 1.82) is 0 Å². The lowest BCUT2D eigenvalue weighted by Crippen LogP contribution is -2.35. The first kappa shape index (κ1) is 18.0. The Hall–Kier alpha value is -2.35. The van der Waals surface area contributed by atoms with E-state index in [-0.39, 0.29) is 11.7 Å². The lowest BCUT2D eigenvalue weighted by atomic mass is 10.1. The highest BCUT2D eigenvalue weighted by molar-refractivity contribution is 7.99. The Balaban J connectivity index is 1.31. The summed E-state index contributed by atoms with van der Waals surface area (Å²) in [7, 11) is 0. The summed E-state index contributed by atoms with van der Waals surface area (Å²) in [5.74, 6) is 1.38. The van der Waals surface area contributed by atoms with Gasteiger partial charge >= 0.3 is 6.03 Å². The van der Waals surface area contributed by atoms with Gasteiger partial charge in [0.25, 0.3) is 0 Å². The van der Waals surface area contributed by atoms with Gasteiger partial charge in [0.1, 0.15) is 5.82 Å². The average molecular weight is 385 g/mol. The highest BCUT2D eigenvalue weighted by atomic mass is 32.2. The predicted octanol–water partition coefficient (Wildman–Crippen LogP) is 3.55. The second-order valence-corrected chi connectivity index (χ2v) is 8.25. The maximum absolute atomic E-state index is 12.1. The molecule has 8 heteroatoms. The van der Waals surface area contributed by atoms with Crippen LogP contribution in [0.4, 0.5) is 10.5 Å². The van der Waals surface area contributed by atoms with Gasteiger partial charge in [-0.05, 0) is 62.8 Å². The van der Waals surface area contributed by atoms with Gasteiger partial charge in [0.05, 0.1) is 5.75 Å². The summed E-state index contributed by atoms with van der Waals surface area (Å²) in [6.45, 7) is 3.99. The van der Waals surface area contributed by atoms with Crippen molar-refractivity contribution >= 4 is 29.4 Å². The molecule has 4 rings (SSSR count). The van der Waals surface area contributed by atoms with Crippen LogP contribution in [0.25, 0.3) is 0 Å². The molecule has 2 aromatic rings. The molecule has 0 atom stereocenters. The van der Waals surface area contributed by atoms with Crippen molar-refractivity contribution in [1.82, 2.24) is 20.1 Å². The van der Waals surface area contributed by atoms with Crippen LogP contribution in [0.5, 0.6) is 0 Å². The van der Waals surface area contributed by atoms with E-state index in [2.05, 4.69) is 25.4 Å². The van der Waals surface area contributed by atoms with Crippen molar-refractivity contribution in [2.75, 3.05) is 11.1 Å². The number of nitrogens with zero attached hydrogens (tertiary/aromatic N) is 3. The number of aryl methyl sites for hydroxylation is 2. The van der Waals surface area contributed by atoms with Gasteiger partial charge in [-0.1, -0.05) is 17.8 Å². The van der Waals surface area contributed by atoms with Crippen molar-refractivity contribution in [3.8, 4) is 0 Å². The molecule has 1 aromatic heterocycles. The number of carbonyl (C=O) groups excluding carboxylic acids is 2. The van der Waals surface area contributed by atoms with Crippen LogP contribution in [0.15, 0.2) is 23.4 Å². The summed E-state index contributed by atoms with van der Waals surface area (Å²) in [5.41, 5.74) is 2.90. The van der Waals surface area contributed by atoms with Crippen molar-refractivity contribution in [2.24, 2.45) is 0 Å². The molecule has 0 spiro atoms. The third kappa shape index (κ3) is 4.32. The molecule has 0 radical (unpaired) electrons. The summed E-state index contributed by atoms with van der Waals surface area (Å²) < 4.78 is 2.20. The number of carbonyl (C=O) groups is 2. The lowest BCUT2D eigenvalue weighted by molar-refractivity contribution is -0.117. The van der Waals surface area contributed by atoms with Crippen molar-refractivity contribution in [2.45, 2.75) is 56.6 Å². The fourth-order valence-corrected chi connectivity index (χ4v) is 3.77. The van der Waals surface area contributed by atoms with Gasteiger partial charge in [-0.2, -0.15) is 0 Å². The van der Waals surface area contributed by atoms with E-state index in [1.54, 1.807) is 0 Å². The smallest absolute Gasteiger partial charge is 0.308 e. The summed E-state index contributed by atoms with van der Waals surface area (Å²) >= 11 is 1.34. The summed E-state index contributed by atoms with van der Waals surface area (Å²) in [6, 6.07) is 5.59. The van der Waals surface area contributed by atoms with Crippen LogP contribution in [0.2, 0.25) is 0 Å². The number of hydrogen-bond acceptors (Lipinski definition) is 5. The molecule has 1 aromatic carbocycles. The number of hydrogen-bond donors (Lipinski definition) is 2. The van der Waals surface area contributed by atoms with E-state index in [9.17, 15) is 9.59 Å². The van der Waals surface area contributed by atoms with E-state index in [0.717, 1.165) is 34.9 Å². The number of benzene rings is 1. The number of amides is 3. The largest absolute Gasteiger partial charge is 0.325 e. The molecular weight excluding hydrogens is 362 g/mol. The molecule has 2 N–H and O–H groups in total. The Bertz CT molecular complexity index is 886. The first-order valence-corrected chi connectivity index (χ1v) is 10.3. The van der Waals surface area contributed by atoms with Gasteiger partial charge in [0.15, 0.2) is 5.16 Å². The van der Waals surface area contributed by atoms with Crippen LogP contribution < -0.4 is 10.6 Å². The standard InChI is InChI=1S/C19H23N5O2S/c1-11-3-6-14(9-12(11)2)20-18(26)21-16(25)10-27-19-23-22-17(13-4-5-13)24(19)15-7-8-15/h3,6,9,13,15H,4-5,7-8,10H2,1-2H3,(H2,20,21,25,26). The third-order valence-corrected chi connectivity index (χ3v) is 5.84. The summed E-state index contributed by atoms with van der Waals surface area (Å²) in [6.07, 6.45) is 4.65. The highest BCUT2D eigenvalue weighted by Crippen LogP contribution is 2.45. The Kier molecular flexibility index (Phi) is 4.90. The second kappa shape index (κ2) is 7.34. The minimum atomic E-state index is -0.522. The lowest BCUT2D eigenvalue weighted by Gasteiger charge is -2.09. The predicted molar refractivity (Wildman–Crippen MR) is 104 cm³/mol. The molecule has 2 saturated carbocycles. The zero-order valence-electron chi connectivity index (χ0n) is 15.5. The van der Waals surface area contributed by atoms with Crippen LogP contribution in [-0.4, -0.2) is 32.5 Å². The topological polar surface area (TPSA) is 88.9 Å². The number of thioether (sulfide) groups is 1. The van der Waals surface area contributed by atoms with Crippen LogP contribution >= 0.6 is 11.8 Å². The van der Waals surface area contributed by atoms with Gasteiger partial charge in [-0.15, -0.1) is 10.2 Å². The molecule has 0 aliphatic heterocycles.